The molecule has 3 N–H and O–H groups in total. The van der Waals surface area contributed by atoms with Crippen LogP contribution in [-0.2, 0) is 0 Å². The van der Waals surface area contributed by atoms with Crippen LogP contribution in [0.15, 0.2) is 22.7 Å². The van der Waals surface area contributed by atoms with Gasteiger partial charge >= 0.3 is 0 Å². The van der Waals surface area contributed by atoms with Gasteiger partial charge in [0.2, 0.25) is 0 Å². The lowest BCUT2D eigenvalue weighted by Crippen LogP contribution is -2.17. The van der Waals surface area contributed by atoms with Crippen LogP contribution < -0.4 is 11.1 Å². The lowest BCUT2D eigenvalue weighted by atomic mass is 10.1. The fourth-order valence-corrected chi connectivity index (χ4v) is 2.52. The highest BCUT2D eigenvalue weighted by molar-refractivity contribution is 9.10. The first-order valence-electron chi connectivity index (χ1n) is 5.91. The number of rotatable bonds is 5. The first-order valence-corrected chi connectivity index (χ1v) is 7.11. The first kappa shape index (κ1) is 12.8. The van der Waals surface area contributed by atoms with E-state index in [4.69, 9.17) is 18.0 Å². The van der Waals surface area contributed by atoms with E-state index in [0.717, 1.165) is 28.2 Å². The third-order valence-corrected chi connectivity index (χ3v) is 4.00. The van der Waals surface area contributed by atoms with Crippen molar-refractivity contribution in [2.24, 2.45) is 17.6 Å². The van der Waals surface area contributed by atoms with Crippen molar-refractivity contribution in [3.05, 3.63) is 28.2 Å². The van der Waals surface area contributed by atoms with Crippen molar-refractivity contribution in [2.45, 2.75) is 19.8 Å². The molecule has 17 heavy (non-hydrogen) atoms. The number of hydrogen-bond acceptors (Lipinski definition) is 2. The normalized spacial score (nSPS) is 16.6. The molecule has 2 nitrogen and oxygen atoms in total. The van der Waals surface area contributed by atoms with Gasteiger partial charge in [0.05, 0.1) is 0 Å². The van der Waals surface area contributed by atoms with Gasteiger partial charge in [-0.2, -0.15) is 0 Å². The molecular weight excluding hydrogens is 296 g/mol. The van der Waals surface area contributed by atoms with Crippen LogP contribution in [0.5, 0.6) is 0 Å². The number of hydrogen-bond donors (Lipinski definition) is 2. The molecule has 0 spiro atoms. The second kappa shape index (κ2) is 5.36. The average molecular weight is 313 g/mol. The first-order chi connectivity index (χ1) is 8.08. The fourth-order valence-electron chi connectivity index (χ4n) is 1.98. The van der Waals surface area contributed by atoms with Crippen LogP contribution in [0, 0.1) is 11.8 Å². The zero-order valence-corrected chi connectivity index (χ0v) is 12.3. The largest absolute Gasteiger partial charge is 0.389 e. The molecule has 0 amide bonds. The predicted molar refractivity (Wildman–Crippen MR) is 80.4 cm³/mol. The van der Waals surface area contributed by atoms with E-state index < -0.39 is 0 Å². The maximum atomic E-state index is 5.72. The van der Waals surface area contributed by atoms with Gasteiger partial charge in [-0.05, 0) is 42.9 Å². The molecule has 1 aromatic carbocycles. The molecule has 1 unspecified atom stereocenters. The van der Waals surface area contributed by atoms with E-state index in [9.17, 15) is 0 Å². The number of anilines is 1. The van der Waals surface area contributed by atoms with Gasteiger partial charge in [-0.1, -0.05) is 35.1 Å². The molecule has 1 aliphatic carbocycles. The molecule has 4 heteroatoms. The lowest BCUT2D eigenvalue weighted by Gasteiger charge is -2.15. The van der Waals surface area contributed by atoms with Crippen molar-refractivity contribution in [1.82, 2.24) is 0 Å². The van der Waals surface area contributed by atoms with Gasteiger partial charge < -0.3 is 11.1 Å². The van der Waals surface area contributed by atoms with E-state index in [1.54, 1.807) is 0 Å². The molecular formula is C13H17BrN2S. The number of halogens is 1. The van der Waals surface area contributed by atoms with E-state index >= 15 is 0 Å². The van der Waals surface area contributed by atoms with Gasteiger partial charge in [0, 0.05) is 22.3 Å². The quantitative estimate of drug-likeness (QED) is 0.817. The highest BCUT2D eigenvalue weighted by Crippen LogP contribution is 2.36. The molecule has 0 radical (unpaired) electrons. The standard InChI is InChI=1S/C13H17BrN2S/c1-8(9-2-3-9)7-16-12-6-10(14)4-5-11(12)13(15)17/h4-6,8-9,16H,2-3,7H2,1H3,(H2,15,17). The van der Waals surface area contributed by atoms with E-state index in [1.165, 1.54) is 12.8 Å². The van der Waals surface area contributed by atoms with Crippen LogP contribution in [0.3, 0.4) is 0 Å². The minimum absolute atomic E-state index is 0.444. The smallest absolute Gasteiger partial charge is 0.106 e. The molecule has 1 aliphatic rings. The zero-order valence-electron chi connectivity index (χ0n) is 9.87. The molecule has 1 atom stereocenters. The Hall–Kier alpha value is -0.610. The Kier molecular flexibility index (Phi) is 4.05. The summed E-state index contributed by atoms with van der Waals surface area (Å²) in [7, 11) is 0. The van der Waals surface area contributed by atoms with Gasteiger partial charge in [0.25, 0.3) is 0 Å². The Morgan fingerprint density at radius 1 is 1.59 bits per heavy atom. The molecule has 2 rings (SSSR count). The summed E-state index contributed by atoms with van der Waals surface area (Å²) >= 11 is 8.53. The maximum Gasteiger partial charge on any atom is 0.106 e. The summed E-state index contributed by atoms with van der Waals surface area (Å²) in [5.41, 5.74) is 7.67. The van der Waals surface area contributed by atoms with E-state index in [0.29, 0.717) is 10.9 Å². The van der Waals surface area contributed by atoms with E-state index in [2.05, 4.69) is 28.2 Å². The van der Waals surface area contributed by atoms with Crippen LogP contribution >= 0.6 is 28.1 Å². The fraction of sp³-hybridized carbons (Fsp3) is 0.462. The molecule has 1 fully saturated rings. The van der Waals surface area contributed by atoms with Gasteiger partial charge in [-0.3, -0.25) is 0 Å². The average Bonchev–Trinajstić information content (AvgIpc) is 3.09. The molecule has 1 saturated carbocycles. The number of nitrogens with two attached hydrogens (primary N) is 1. The van der Waals surface area contributed by atoms with Crippen LogP contribution in [-0.4, -0.2) is 11.5 Å². The molecule has 0 aromatic heterocycles. The van der Waals surface area contributed by atoms with E-state index in [1.807, 2.05) is 18.2 Å². The van der Waals surface area contributed by atoms with Gasteiger partial charge in [-0.15, -0.1) is 0 Å². The van der Waals surface area contributed by atoms with Crippen molar-refractivity contribution in [2.75, 3.05) is 11.9 Å². The van der Waals surface area contributed by atoms with Crippen molar-refractivity contribution in [3.63, 3.8) is 0 Å². The predicted octanol–water partition coefficient (Wildman–Crippen LogP) is 3.54. The Labute approximate surface area is 116 Å². The van der Waals surface area contributed by atoms with Gasteiger partial charge in [-0.25, -0.2) is 0 Å². The SMILES string of the molecule is CC(CNc1cc(Br)ccc1C(N)=S)C1CC1. The van der Waals surface area contributed by atoms with Gasteiger partial charge in [0.1, 0.15) is 4.99 Å². The number of benzene rings is 1. The maximum absolute atomic E-state index is 5.72. The van der Waals surface area contributed by atoms with Crippen molar-refractivity contribution >= 4 is 38.8 Å². The third-order valence-electron chi connectivity index (χ3n) is 3.29. The number of nitrogens with one attached hydrogen (secondary N) is 1. The highest BCUT2D eigenvalue weighted by atomic mass is 79.9. The Morgan fingerprint density at radius 3 is 2.88 bits per heavy atom. The van der Waals surface area contributed by atoms with Crippen molar-refractivity contribution in [3.8, 4) is 0 Å². The molecule has 0 bridgehead atoms. The minimum Gasteiger partial charge on any atom is -0.389 e. The summed E-state index contributed by atoms with van der Waals surface area (Å²) in [4.78, 5) is 0.444. The minimum atomic E-state index is 0.444. The Balaban J connectivity index is 2.07. The van der Waals surface area contributed by atoms with Crippen LogP contribution in [0.4, 0.5) is 5.69 Å². The zero-order chi connectivity index (χ0) is 12.4. The van der Waals surface area contributed by atoms with Crippen molar-refractivity contribution < 1.29 is 0 Å². The second-order valence-corrected chi connectivity index (χ2v) is 6.11. The monoisotopic (exact) mass is 312 g/mol. The second-order valence-electron chi connectivity index (χ2n) is 4.75. The lowest BCUT2D eigenvalue weighted by molar-refractivity contribution is 0.536. The summed E-state index contributed by atoms with van der Waals surface area (Å²) in [6, 6.07) is 5.95. The van der Waals surface area contributed by atoms with Crippen molar-refractivity contribution in [1.29, 1.82) is 0 Å². The molecule has 0 saturated heterocycles. The van der Waals surface area contributed by atoms with Crippen LogP contribution in [0.2, 0.25) is 0 Å². The summed E-state index contributed by atoms with van der Waals surface area (Å²) in [6.07, 6.45) is 2.76. The molecule has 92 valence electrons. The summed E-state index contributed by atoms with van der Waals surface area (Å²) < 4.78 is 1.04. The van der Waals surface area contributed by atoms with Gasteiger partial charge in [0.15, 0.2) is 0 Å². The topological polar surface area (TPSA) is 38.0 Å². The molecule has 0 heterocycles. The number of thiocarbonyl (C=S) groups is 1. The summed E-state index contributed by atoms with van der Waals surface area (Å²) in [6.45, 7) is 3.28. The van der Waals surface area contributed by atoms with Crippen LogP contribution in [0.25, 0.3) is 0 Å². The Morgan fingerprint density at radius 2 is 2.29 bits per heavy atom. The molecule has 0 aliphatic heterocycles. The van der Waals surface area contributed by atoms with Crippen LogP contribution in [0.1, 0.15) is 25.3 Å². The molecule has 1 aromatic rings. The summed E-state index contributed by atoms with van der Waals surface area (Å²) in [5, 5.41) is 3.46. The van der Waals surface area contributed by atoms with E-state index in [-0.39, 0.29) is 0 Å². The highest BCUT2D eigenvalue weighted by Gasteiger charge is 2.27. The summed E-state index contributed by atoms with van der Waals surface area (Å²) in [5.74, 6) is 1.62. The Bertz CT molecular complexity index is 429. The third kappa shape index (κ3) is 3.42.